The zero-order valence-electron chi connectivity index (χ0n) is 11.8. The third-order valence-electron chi connectivity index (χ3n) is 3.63. The van der Waals surface area contributed by atoms with Gasteiger partial charge in [-0.25, -0.2) is 0 Å². The van der Waals surface area contributed by atoms with Crippen LogP contribution < -0.4 is 5.73 Å². The number of hydrogen-bond donors (Lipinski definition) is 1. The minimum atomic E-state index is 0.202. The molecule has 3 heteroatoms. The maximum absolute atomic E-state index is 12.1. The van der Waals surface area contributed by atoms with Gasteiger partial charge in [-0.2, -0.15) is 0 Å². The molecule has 0 aliphatic rings. The summed E-state index contributed by atoms with van der Waals surface area (Å²) in [7, 11) is 1.88. The zero-order valence-corrected chi connectivity index (χ0v) is 11.8. The molecule has 0 fully saturated rings. The number of anilines is 1. The van der Waals surface area contributed by atoms with E-state index in [0.717, 1.165) is 17.7 Å². The first-order valence-corrected chi connectivity index (χ1v) is 6.56. The van der Waals surface area contributed by atoms with Gasteiger partial charge in [-0.15, -0.1) is 0 Å². The highest BCUT2D eigenvalue weighted by Gasteiger charge is 2.17. The second kappa shape index (κ2) is 6.43. The quantitative estimate of drug-likeness (QED) is 0.814. The van der Waals surface area contributed by atoms with Gasteiger partial charge in [0.25, 0.3) is 0 Å². The van der Waals surface area contributed by atoms with E-state index in [4.69, 9.17) is 5.73 Å². The van der Waals surface area contributed by atoms with E-state index in [1.54, 1.807) is 0 Å². The van der Waals surface area contributed by atoms with Crippen LogP contribution in [-0.4, -0.2) is 23.9 Å². The van der Waals surface area contributed by atoms with Crippen molar-refractivity contribution in [3.63, 3.8) is 0 Å². The first-order chi connectivity index (χ1) is 8.45. The van der Waals surface area contributed by atoms with E-state index in [0.29, 0.717) is 12.5 Å². The molecule has 0 heterocycles. The molecule has 0 spiro atoms. The van der Waals surface area contributed by atoms with Crippen LogP contribution in [0.2, 0.25) is 0 Å². The summed E-state index contributed by atoms with van der Waals surface area (Å²) in [5.74, 6) is 0.429. The Labute approximate surface area is 110 Å². The summed E-state index contributed by atoms with van der Waals surface area (Å²) in [6.45, 7) is 6.25. The fourth-order valence-electron chi connectivity index (χ4n) is 1.87. The van der Waals surface area contributed by atoms with E-state index in [-0.39, 0.29) is 11.8 Å². The van der Waals surface area contributed by atoms with E-state index < -0.39 is 0 Å². The largest absolute Gasteiger partial charge is 0.399 e. The van der Waals surface area contributed by atoms with E-state index in [1.807, 2.05) is 36.2 Å². The predicted molar refractivity (Wildman–Crippen MR) is 76.4 cm³/mol. The Bertz CT molecular complexity index is 386. The van der Waals surface area contributed by atoms with Crippen LogP contribution >= 0.6 is 0 Å². The first-order valence-electron chi connectivity index (χ1n) is 6.56. The normalized spacial score (nSPS) is 14.0. The minimum Gasteiger partial charge on any atom is -0.399 e. The van der Waals surface area contributed by atoms with Crippen LogP contribution in [-0.2, 0) is 4.79 Å². The van der Waals surface area contributed by atoms with Gasteiger partial charge >= 0.3 is 0 Å². The Morgan fingerprint density at radius 1 is 1.28 bits per heavy atom. The van der Waals surface area contributed by atoms with Gasteiger partial charge in [-0.1, -0.05) is 26.0 Å². The molecule has 100 valence electrons. The number of rotatable bonds is 5. The van der Waals surface area contributed by atoms with Crippen molar-refractivity contribution in [3.05, 3.63) is 29.8 Å². The Kier molecular flexibility index (Phi) is 5.20. The van der Waals surface area contributed by atoms with Crippen LogP contribution in [0.15, 0.2) is 24.3 Å². The van der Waals surface area contributed by atoms with E-state index in [2.05, 4.69) is 20.8 Å². The van der Waals surface area contributed by atoms with Crippen LogP contribution in [0, 0.1) is 0 Å². The number of carbonyl (C=O) groups is 1. The second-order valence-corrected chi connectivity index (χ2v) is 5.03. The van der Waals surface area contributed by atoms with Gasteiger partial charge in [0.2, 0.25) is 5.91 Å². The van der Waals surface area contributed by atoms with E-state index in [1.165, 1.54) is 0 Å². The fraction of sp³-hybridized carbons (Fsp3) is 0.533. The van der Waals surface area contributed by atoms with Crippen molar-refractivity contribution < 1.29 is 4.79 Å². The lowest BCUT2D eigenvalue weighted by molar-refractivity contribution is -0.132. The average molecular weight is 248 g/mol. The van der Waals surface area contributed by atoms with Crippen molar-refractivity contribution >= 4 is 11.6 Å². The van der Waals surface area contributed by atoms with Crippen molar-refractivity contribution in [2.45, 2.75) is 45.6 Å². The highest BCUT2D eigenvalue weighted by atomic mass is 16.2. The number of nitrogens with two attached hydrogens (primary N) is 1. The molecular formula is C15H24N2O. The molecule has 1 amide bonds. The second-order valence-electron chi connectivity index (χ2n) is 5.03. The number of carbonyl (C=O) groups excluding carboxylic acids is 1. The number of nitrogens with zero attached hydrogens (tertiary/aromatic N) is 1. The molecule has 0 radical (unpaired) electrons. The molecule has 18 heavy (non-hydrogen) atoms. The maximum Gasteiger partial charge on any atom is 0.223 e. The third-order valence-corrected chi connectivity index (χ3v) is 3.63. The lowest BCUT2D eigenvalue weighted by Gasteiger charge is -2.25. The SMILES string of the molecule is CCC(C)N(C)C(=O)CC(C)c1ccc(N)cc1. The lowest BCUT2D eigenvalue weighted by Crippen LogP contribution is -2.35. The van der Waals surface area contributed by atoms with Crippen molar-refractivity contribution in [2.24, 2.45) is 0 Å². The molecule has 2 N–H and O–H groups in total. The predicted octanol–water partition coefficient (Wildman–Crippen LogP) is 3.02. The average Bonchev–Trinajstić information content (AvgIpc) is 2.37. The summed E-state index contributed by atoms with van der Waals surface area (Å²) in [6.07, 6.45) is 1.53. The summed E-state index contributed by atoms with van der Waals surface area (Å²) < 4.78 is 0. The summed E-state index contributed by atoms with van der Waals surface area (Å²) in [6, 6.07) is 8.06. The first kappa shape index (κ1) is 14.6. The summed E-state index contributed by atoms with van der Waals surface area (Å²) in [5, 5.41) is 0. The molecule has 0 aromatic heterocycles. The van der Waals surface area contributed by atoms with Crippen molar-refractivity contribution in [3.8, 4) is 0 Å². The highest BCUT2D eigenvalue weighted by Crippen LogP contribution is 2.21. The molecule has 1 rings (SSSR count). The molecule has 0 aliphatic heterocycles. The van der Waals surface area contributed by atoms with Crippen molar-refractivity contribution in [2.75, 3.05) is 12.8 Å². The standard InChI is InChI=1S/C15H24N2O/c1-5-12(3)17(4)15(18)10-11(2)13-6-8-14(16)9-7-13/h6-9,11-12H,5,10,16H2,1-4H3. The molecule has 2 unspecified atom stereocenters. The lowest BCUT2D eigenvalue weighted by atomic mass is 9.96. The molecule has 1 aromatic rings. The molecule has 2 atom stereocenters. The Hall–Kier alpha value is -1.51. The third kappa shape index (κ3) is 3.76. The fourth-order valence-corrected chi connectivity index (χ4v) is 1.87. The van der Waals surface area contributed by atoms with Gasteiger partial charge in [-0.3, -0.25) is 4.79 Å². The van der Waals surface area contributed by atoms with Gasteiger partial charge in [-0.05, 0) is 37.0 Å². The van der Waals surface area contributed by atoms with Gasteiger partial charge in [0.05, 0.1) is 0 Å². The summed E-state index contributed by atoms with van der Waals surface area (Å²) in [4.78, 5) is 13.9. The summed E-state index contributed by atoms with van der Waals surface area (Å²) >= 11 is 0. The van der Waals surface area contributed by atoms with Crippen molar-refractivity contribution in [1.82, 2.24) is 4.90 Å². The Morgan fingerprint density at radius 2 is 1.83 bits per heavy atom. The van der Waals surface area contributed by atoms with Crippen LogP contribution in [0.1, 0.15) is 45.1 Å². The maximum atomic E-state index is 12.1. The number of hydrogen-bond acceptors (Lipinski definition) is 2. The minimum absolute atomic E-state index is 0.202. The molecule has 0 saturated heterocycles. The smallest absolute Gasteiger partial charge is 0.223 e. The highest BCUT2D eigenvalue weighted by molar-refractivity contribution is 5.77. The van der Waals surface area contributed by atoms with E-state index in [9.17, 15) is 4.79 Å². The Morgan fingerprint density at radius 3 is 2.33 bits per heavy atom. The van der Waals surface area contributed by atoms with Gasteiger partial charge < -0.3 is 10.6 Å². The number of amides is 1. The van der Waals surface area contributed by atoms with Crippen LogP contribution in [0.5, 0.6) is 0 Å². The number of nitrogen functional groups attached to an aromatic ring is 1. The van der Waals surface area contributed by atoms with Gasteiger partial charge in [0.1, 0.15) is 0 Å². The molecule has 1 aromatic carbocycles. The van der Waals surface area contributed by atoms with Crippen LogP contribution in [0.4, 0.5) is 5.69 Å². The Balaban J connectivity index is 2.61. The number of benzene rings is 1. The molecule has 0 aliphatic carbocycles. The molecular weight excluding hydrogens is 224 g/mol. The topological polar surface area (TPSA) is 46.3 Å². The van der Waals surface area contributed by atoms with Crippen LogP contribution in [0.3, 0.4) is 0 Å². The van der Waals surface area contributed by atoms with Gasteiger partial charge in [0.15, 0.2) is 0 Å². The van der Waals surface area contributed by atoms with E-state index >= 15 is 0 Å². The molecule has 3 nitrogen and oxygen atoms in total. The van der Waals surface area contributed by atoms with Crippen LogP contribution in [0.25, 0.3) is 0 Å². The van der Waals surface area contributed by atoms with Crippen molar-refractivity contribution in [1.29, 1.82) is 0 Å². The molecule has 0 bridgehead atoms. The monoisotopic (exact) mass is 248 g/mol. The van der Waals surface area contributed by atoms with Gasteiger partial charge in [0, 0.05) is 25.2 Å². The molecule has 0 saturated carbocycles. The summed E-state index contributed by atoms with van der Waals surface area (Å²) in [5.41, 5.74) is 7.58. The zero-order chi connectivity index (χ0) is 13.7.